The fourth-order valence-corrected chi connectivity index (χ4v) is 6.04. The third kappa shape index (κ3) is 5.98. The lowest BCUT2D eigenvalue weighted by Gasteiger charge is -2.24. The van der Waals surface area contributed by atoms with Crippen molar-refractivity contribution >= 4 is 32.8 Å². The highest BCUT2D eigenvalue weighted by molar-refractivity contribution is 9.10. The number of benzene rings is 2. The van der Waals surface area contributed by atoms with E-state index in [1.54, 1.807) is 6.33 Å². The minimum Gasteiger partial charge on any atom is -0.457 e. The van der Waals surface area contributed by atoms with Crippen LogP contribution in [0.5, 0.6) is 11.5 Å². The minimum absolute atomic E-state index is 0.430. The number of nitrogen functional groups attached to an aromatic ring is 1. The number of para-hydroxylation sites is 1. The summed E-state index contributed by atoms with van der Waals surface area (Å²) in [5.74, 6) is 2.12. The Morgan fingerprint density at radius 3 is 2.24 bits per heavy atom. The molecule has 6 rings (SSSR count). The predicted molar refractivity (Wildman–Crippen MR) is 154 cm³/mol. The molecule has 2 aliphatic rings. The number of nitrogens with two attached hydrogens (primary N) is 1. The first kappa shape index (κ1) is 25.7. The Morgan fingerprint density at radius 1 is 0.919 bits per heavy atom. The summed E-state index contributed by atoms with van der Waals surface area (Å²) in [6, 6.07) is 18.3. The zero-order chi connectivity index (χ0) is 25.6. The number of hydrogen-bond donors (Lipinski definition) is 2. The Hall–Kier alpha value is -2.94. The van der Waals surface area contributed by atoms with Crippen LogP contribution < -0.4 is 15.8 Å². The number of likely N-dealkylation sites (N-methyl/N-ethyl adjacent to an activating group) is 1. The lowest BCUT2D eigenvalue weighted by atomic mass is 9.95. The normalized spacial score (nSPS) is 16.8. The molecule has 2 aromatic heterocycles. The Labute approximate surface area is 227 Å². The van der Waals surface area contributed by atoms with Gasteiger partial charge in [0.15, 0.2) is 0 Å². The van der Waals surface area contributed by atoms with Crippen molar-refractivity contribution in [2.45, 2.75) is 38.1 Å². The van der Waals surface area contributed by atoms with E-state index < -0.39 is 0 Å². The molecule has 0 amide bonds. The molecule has 0 radical (unpaired) electrons. The molecule has 0 atom stereocenters. The van der Waals surface area contributed by atoms with E-state index in [1.807, 2.05) is 42.5 Å². The summed E-state index contributed by atoms with van der Waals surface area (Å²) in [6.07, 6.45) is 7.69. The minimum atomic E-state index is 0.430. The summed E-state index contributed by atoms with van der Waals surface area (Å²) in [5, 5.41) is 4.18. The molecule has 194 valence electrons. The SMILES string of the molecule is CN1CCNCC1.Nc1ncnc2c1c(-c1ccc(Oc3ccccc3)cc1)c(Br)n2C1CCCCC1. The van der Waals surface area contributed by atoms with Gasteiger partial charge in [0.2, 0.25) is 0 Å². The van der Waals surface area contributed by atoms with E-state index in [0.29, 0.717) is 11.9 Å². The molecule has 0 unspecified atom stereocenters. The van der Waals surface area contributed by atoms with Gasteiger partial charge in [0, 0.05) is 37.8 Å². The Morgan fingerprint density at radius 2 is 1.59 bits per heavy atom. The van der Waals surface area contributed by atoms with Gasteiger partial charge in [0.05, 0.1) is 9.99 Å². The van der Waals surface area contributed by atoms with Crippen molar-refractivity contribution in [3.05, 3.63) is 65.5 Å². The average molecular weight is 564 g/mol. The third-order valence-corrected chi connectivity index (χ3v) is 7.93. The molecule has 0 spiro atoms. The smallest absolute Gasteiger partial charge is 0.147 e. The van der Waals surface area contributed by atoms with Gasteiger partial charge in [0.1, 0.15) is 29.3 Å². The van der Waals surface area contributed by atoms with Gasteiger partial charge in [-0.3, -0.25) is 0 Å². The molecule has 0 bridgehead atoms. The van der Waals surface area contributed by atoms with Gasteiger partial charge in [-0.05, 0) is 65.6 Å². The quantitative estimate of drug-likeness (QED) is 0.305. The van der Waals surface area contributed by atoms with Crippen LogP contribution in [0, 0.1) is 0 Å². The van der Waals surface area contributed by atoms with E-state index in [2.05, 4.69) is 59.9 Å². The van der Waals surface area contributed by atoms with Crippen LogP contribution in [0.25, 0.3) is 22.2 Å². The maximum absolute atomic E-state index is 6.33. The predicted octanol–water partition coefficient (Wildman–Crippen LogP) is 6.26. The largest absolute Gasteiger partial charge is 0.457 e. The number of fused-ring (bicyclic) bond motifs is 1. The molecule has 37 heavy (non-hydrogen) atoms. The van der Waals surface area contributed by atoms with Gasteiger partial charge < -0.3 is 25.3 Å². The third-order valence-electron chi connectivity index (χ3n) is 7.15. The van der Waals surface area contributed by atoms with E-state index in [9.17, 15) is 0 Å². The van der Waals surface area contributed by atoms with E-state index in [1.165, 1.54) is 32.4 Å². The van der Waals surface area contributed by atoms with E-state index in [4.69, 9.17) is 10.5 Å². The number of ether oxygens (including phenoxy) is 1. The first-order valence-electron chi connectivity index (χ1n) is 13.1. The van der Waals surface area contributed by atoms with Crippen LogP contribution in [-0.4, -0.2) is 52.7 Å². The molecular formula is C29H35BrN6O. The van der Waals surface area contributed by atoms with Crippen molar-refractivity contribution in [2.24, 2.45) is 0 Å². The van der Waals surface area contributed by atoms with Crippen molar-refractivity contribution in [3.63, 3.8) is 0 Å². The molecular weight excluding hydrogens is 528 g/mol. The second-order valence-electron chi connectivity index (χ2n) is 9.78. The molecule has 7 nitrogen and oxygen atoms in total. The van der Waals surface area contributed by atoms with E-state index in [-0.39, 0.29) is 0 Å². The van der Waals surface area contributed by atoms with Crippen LogP contribution >= 0.6 is 15.9 Å². The van der Waals surface area contributed by atoms with Crippen LogP contribution in [0.4, 0.5) is 5.82 Å². The Balaban J connectivity index is 0.000000348. The van der Waals surface area contributed by atoms with Crippen LogP contribution in [0.3, 0.4) is 0 Å². The highest BCUT2D eigenvalue weighted by Gasteiger charge is 2.26. The number of piperazine rings is 1. The zero-order valence-corrected chi connectivity index (χ0v) is 23.0. The molecule has 3 N–H and O–H groups in total. The van der Waals surface area contributed by atoms with Gasteiger partial charge in [-0.25, -0.2) is 9.97 Å². The molecule has 2 fully saturated rings. The maximum atomic E-state index is 6.33. The van der Waals surface area contributed by atoms with Crippen LogP contribution in [0.1, 0.15) is 38.1 Å². The second-order valence-corrected chi connectivity index (χ2v) is 10.5. The monoisotopic (exact) mass is 562 g/mol. The summed E-state index contributed by atoms with van der Waals surface area (Å²) in [4.78, 5) is 11.2. The Bertz CT molecular complexity index is 1300. The van der Waals surface area contributed by atoms with Gasteiger partial charge in [0.25, 0.3) is 0 Å². The fourth-order valence-electron chi connectivity index (χ4n) is 5.16. The summed E-state index contributed by atoms with van der Waals surface area (Å²) in [5.41, 5.74) is 9.33. The molecule has 1 saturated heterocycles. The number of hydrogen-bond acceptors (Lipinski definition) is 6. The number of nitrogens with zero attached hydrogens (tertiary/aromatic N) is 4. The van der Waals surface area contributed by atoms with Crippen molar-refractivity contribution in [2.75, 3.05) is 39.0 Å². The lowest BCUT2D eigenvalue weighted by molar-refractivity contribution is 0.291. The number of aromatic nitrogens is 3. The van der Waals surface area contributed by atoms with Gasteiger partial charge >= 0.3 is 0 Å². The molecule has 4 aromatic rings. The maximum Gasteiger partial charge on any atom is 0.147 e. The highest BCUT2D eigenvalue weighted by Crippen LogP contribution is 2.44. The molecule has 2 aromatic carbocycles. The summed E-state index contributed by atoms with van der Waals surface area (Å²) >= 11 is 3.88. The van der Waals surface area contributed by atoms with Crippen molar-refractivity contribution in [3.8, 4) is 22.6 Å². The highest BCUT2D eigenvalue weighted by atomic mass is 79.9. The lowest BCUT2D eigenvalue weighted by Crippen LogP contribution is -2.40. The second kappa shape index (κ2) is 12.1. The van der Waals surface area contributed by atoms with Crippen LogP contribution in [0.2, 0.25) is 0 Å². The van der Waals surface area contributed by atoms with Crippen molar-refractivity contribution < 1.29 is 4.74 Å². The summed E-state index contributed by atoms with van der Waals surface area (Å²) in [6.45, 7) is 4.74. The number of nitrogens with one attached hydrogen (secondary N) is 1. The van der Waals surface area contributed by atoms with E-state index in [0.717, 1.165) is 64.2 Å². The van der Waals surface area contributed by atoms with E-state index >= 15 is 0 Å². The molecule has 3 heterocycles. The topological polar surface area (TPSA) is 81.2 Å². The van der Waals surface area contributed by atoms with Crippen molar-refractivity contribution in [1.82, 2.24) is 24.8 Å². The standard InChI is InChI=1S/C24H23BrN4O.C5H12N2/c25-22-20(16-11-13-19(14-12-16)30-18-9-5-2-6-10-18)21-23(26)27-15-28-24(21)29(22)17-7-3-1-4-8-17;1-7-4-2-6-3-5-7/h2,5-6,9-15,17H,1,3-4,7-8H2,(H2,26,27,28);6H,2-5H2,1H3. The molecule has 1 aliphatic heterocycles. The first-order chi connectivity index (χ1) is 18.1. The van der Waals surface area contributed by atoms with Crippen molar-refractivity contribution in [1.29, 1.82) is 0 Å². The molecule has 1 aliphatic carbocycles. The van der Waals surface area contributed by atoms with Crippen LogP contribution in [-0.2, 0) is 0 Å². The Kier molecular flexibility index (Phi) is 8.38. The molecule has 1 saturated carbocycles. The fraction of sp³-hybridized carbons (Fsp3) is 0.379. The molecule has 8 heteroatoms. The first-order valence-corrected chi connectivity index (χ1v) is 13.9. The summed E-state index contributed by atoms with van der Waals surface area (Å²) in [7, 11) is 2.15. The average Bonchev–Trinajstić information content (AvgIpc) is 3.24. The van der Waals surface area contributed by atoms with Gasteiger partial charge in [-0.15, -0.1) is 0 Å². The number of anilines is 1. The number of halogens is 1. The zero-order valence-electron chi connectivity index (χ0n) is 21.4. The number of rotatable bonds is 4. The van der Waals surface area contributed by atoms with Gasteiger partial charge in [-0.2, -0.15) is 0 Å². The van der Waals surface area contributed by atoms with Crippen LogP contribution in [0.15, 0.2) is 65.5 Å². The van der Waals surface area contributed by atoms with Gasteiger partial charge in [-0.1, -0.05) is 49.6 Å². The summed E-state index contributed by atoms with van der Waals surface area (Å²) < 4.78 is 9.28.